The van der Waals surface area contributed by atoms with Crippen LogP contribution in [-0.4, -0.2) is 62.8 Å². The Kier molecular flexibility index (Phi) is 3.95. The predicted octanol–water partition coefficient (Wildman–Crippen LogP) is 0.508. The van der Waals surface area contributed by atoms with E-state index in [0.717, 1.165) is 12.8 Å². The number of nitrogens with one attached hydrogen (secondary N) is 1. The molecule has 2 bridgehead atoms. The molecule has 3 aliphatic heterocycles. The molecule has 3 N–H and O–H groups in total. The summed E-state index contributed by atoms with van der Waals surface area (Å²) in [7, 11) is 1.75. The molecule has 0 aliphatic carbocycles. The summed E-state index contributed by atoms with van der Waals surface area (Å²) in [5.74, 6) is 0.258. The highest BCUT2D eigenvalue weighted by Gasteiger charge is 2.63. The van der Waals surface area contributed by atoms with E-state index in [1.54, 1.807) is 24.0 Å². The van der Waals surface area contributed by atoms with Crippen molar-refractivity contribution >= 4 is 28.3 Å². The second-order valence-electron chi connectivity index (χ2n) is 7.83. The average Bonchev–Trinajstić information content (AvgIpc) is 3.45. The second kappa shape index (κ2) is 6.28. The lowest BCUT2D eigenvalue weighted by Crippen LogP contribution is -2.42. The highest BCUT2D eigenvalue weighted by Crippen LogP contribution is 2.54. The summed E-state index contributed by atoms with van der Waals surface area (Å²) >= 11 is 1.21. The van der Waals surface area contributed by atoms with E-state index >= 15 is 0 Å². The molecule has 9 nitrogen and oxygen atoms in total. The fourth-order valence-electron chi connectivity index (χ4n) is 5.06. The maximum absolute atomic E-state index is 12.8. The highest BCUT2D eigenvalue weighted by atomic mass is 32.1. The molecule has 0 saturated carbocycles. The quantitative estimate of drug-likeness (QED) is 0.770. The van der Waals surface area contributed by atoms with Gasteiger partial charge >= 0.3 is 0 Å². The van der Waals surface area contributed by atoms with Gasteiger partial charge in [-0.3, -0.25) is 14.3 Å². The van der Waals surface area contributed by atoms with Crippen molar-refractivity contribution in [3.05, 3.63) is 29.0 Å². The number of nitrogens with zero attached hydrogens (tertiary/aromatic N) is 4. The minimum absolute atomic E-state index is 0.0392. The number of nitrogens with two attached hydrogens (primary N) is 1. The van der Waals surface area contributed by atoms with Crippen molar-refractivity contribution in [1.29, 1.82) is 0 Å². The number of aromatic nitrogens is 3. The number of likely N-dealkylation sites (tertiary alicyclic amines) is 1. The van der Waals surface area contributed by atoms with Gasteiger partial charge in [0.15, 0.2) is 5.13 Å². The van der Waals surface area contributed by atoms with Crippen molar-refractivity contribution in [3.8, 4) is 0 Å². The summed E-state index contributed by atoms with van der Waals surface area (Å²) in [6.45, 7) is 1.77. The summed E-state index contributed by atoms with van der Waals surface area (Å²) in [4.78, 5) is 31.7. The van der Waals surface area contributed by atoms with Crippen LogP contribution in [0.25, 0.3) is 0 Å². The third-order valence-corrected chi connectivity index (χ3v) is 7.17. The molecule has 2 aromatic heterocycles. The fraction of sp³-hybridized carbons (Fsp3) is 0.556. The van der Waals surface area contributed by atoms with E-state index in [2.05, 4.69) is 15.4 Å². The van der Waals surface area contributed by atoms with Gasteiger partial charge in [0, 0.05) is 38.2 Å². The first-order valence-corrected chi connectivity index (χ1v) is 10.2. The zero-order valence-electron chi connectivity index (χ0n) is 15.5. The minimum Gasteiger partial charge on any atom is -0.375 e. The van der Waals surface area contributed by atoms with Crippen molar-refractivity contribution in [1.82, 2.24) is 25.0 Å². The first-order chi connectivity index (χ1) is 13.5. The van der Waals surface area contributed by atoms with E-state index < -0.39 is 0 Å². The van der Waals surface area contributed by atoms with Crippen LogP contribution in [0.15, 0.2) is 18.5 Å². The number of fused-ring (bicyclic) bond motifs is 1. The van der Waals surface area contributed by atoms with Crippen LogP contribution in [0, 0.1) is 11.8 Å². The van der Waals surface area contributed by atoms with Gasteiger partial charge < -0.3 is 20.7 Å². The Balaban J connectivity index is 1.29. The van der Waals surface area contributed by atoms with E-state index in [-0.39, 0.29) is 35.4 Å². The number of nitrogen functional groups attached to an aromatic ring is 1. The molecule has 5 heterocycles. The Morgan fingerprint density at radius 2 is 2.36 bits per heavy atom. The normalized spacial score (nSPS) is 30.6. The van der Waals surface area contributed by atoms with Gasteiger partial charge in [0.2, 0.25) is 0 Å². The number of carbonyl (C=O) groups excluding carboxylic acids is 2. The van der Waals surface area contributed by atoms with Crippen LogP contribution in [0.3, 0.4) is 0 Å². The summed E-state index contributed by atoms with van der Waals surface area (Å²) in [6.07, 6.45) is 5.23. The molecule has 1 spiro atoms. The van der Waals surface area contributed by atoms with Crippen LogP contribution in [-0.2, 0) is 11.8 Å². The van der Waals surface area contributed by atoms with E-state index in [1.807, 2.05) is 4.90 Å². The van der Waals surface area contributed by atoms with Crippen molar-refractivity contribution in [2.45, 2.75) is 24.5 Å². The van der Waals surface area contributed by atoms with Crippen LogP contribution < -0.4 is 11.1 Å². The molecule has 0 radical (unpaired) electrons. The van der Waals surface area contributed by atoms with E-state index in [1.165, 1.54) is 17.5 Å². The minimum atomic E-state index is -0.279. The molecular formula is C18H22N6O3S. The van der Waals surface area contributed by atoms with Gasteiger partial charge in [-0.05, 0) is 18.9 Å². The number of ether oxygens (including phenoxy) is 1. The van der Waals surface area contributed by atoms with Crippen LogP contribution in [0.4, 0.5) is 5.13 Å². The molecular weight excluding hydrogens is 380 g/mol. The van der Waals surface area contributed by atoms with Gasteiger partial charge in [-0.15, -0.1) is 0 Å². The van der Waals surface area contributed by atoms with E-state index in [9.17, 15) is 9.59 Å². The number of carbonyl (C=O) groups is 2. The average molecular weight is 402 g/mol. The van der Waals surface area contributed by atoms with Gasteiger partial charge in [0.05, 0.1) is 24.4 Å². The first kappa shape index (κ1) is 17.6. The van der Waals surface area contributed by atoms with Crippen molar-refractivity contribution < 1.29 is 14.3 Å². The van der Waals surface area contributed by atoms with Crippen molar-refractivity contribution in [2.24, 2.45) is 18.9 Å². The first-order valence-electron chi connectivity index (χ1n) is 9.41. The Labute approximate surface area is 165 Å². The number of rotatable bonds is 4. The maximum atomic E-state index is 12.8. The maximum Gasteiger partial charge on any atom is 0.269 e. The predicted molar refractivity (Wildman–Crippen MR) is 102 cm³/mol. The largest absolute Gasteiger partial charge is 0.375 e. The number of hydrogen-bond donors (Lipinski definition) is 2. The monoisotopic (exact) mass is 402 g/mol. The number of amides is 2. The Bertz CT molecular complexity index is 941. The number of aryl methyl sites for hydroxylation is 1. The second-order valence-corrected chi connectivity index (χ2v) is 8.89. The molecule has 148 valence electrons. The van der Waals surface area contributed by atoms with Gasteiger partial charge in [-0.1, -0.05) is 11.3 Å². The lowest BCUT2D eigenvalue weighted by molar-refractivity contribution is 0.00322. The molecule has 4 atom stereocenters. The van der Waals surface area contributed by atoms with Gasteiger partial charge in [-0.25, -0.2) is 4.98 Å². The molecule has 5 rings (SSSR count). The lowest BCUT2D eigenvalue weighted by atomic mass is 9.73. The molecule has 3 fully saturated rings. The van der Waals surface area contributed by atoms with Gasteiger partial charge in [0.25, 0.3) is 11.8 Å². The Hall–Kier alpha value is -2.46. The van der Waals surface area contributed by atoms with E-state index in [4.69, 9.17) is 10.5 Å². The topological polar surface area (TPSA) is 115 Å². The molecule has 0 aromatic carbocycles. The number of thiazole rings is 1. The molecule has 3 saturated heterocycles. The Morgan fingerprint density at radius 1 is 1.50 bits per heavy atom. The summed E-state index contributed by atoms with van der Waals surface area (Å²) < 4.78 is 7.93. The van der Waals surface area contributed by atoms with Crippen molar-refractivity contribution in [3.63, 3.8) is 0 Å². The summed E-state index contributed by atoms with van der Waals surface area (Å²) in [6, 6.07) is 1.70. The zero-order chi connectivity index (χ0) is 19.5. The summed E-state index contributed by atoms with van der Waals surface area (Å²) in [5.41, 5.74) is 5.93. The molecule has 2 aromatic rings. The lowest BCUT2D eigenvalue weighted by Gasteiger charge is -2.29. The zero-order valence-corrected chi connectivity index (χ0v) is 16.3. The Morgan fingerprint density at radius 3 is 3.07 bits per heavy atom. The summed E-state index contributed by atoms with van der Waals surface area (Å²) in [5, 5.41) is 7.47. The molecule has 28 heavy (non-hydrogen) atoms. The van der Waals surface area contributed by atoms with Crippen LogP contribution in [0.1, 0.15) is 33.0 Å². The van der Waals surface area contributed by atoms with Crippen molar-refractivity contribution in [2.75, 3.05) is 25.4 Å². The molecule has 0 unspecified atom stereocenters. The highest BCUT2D eigenvalue weighted by molar-refractivity contribution is 7.17. The van der Waals surface area contributed by atoms with Crippen LogP contribution >= 0.6 is 11.3 Å². The van der Waals surface area contributed by atoms with E-state index in [0.29, 0.717) is 35.3 Å². The smallest absolute Gasteiger partial charge is 0.269 e. The van der Waals surface area contributed by atoms with Gasteiger partial charge in [-0.2, -0.15) is 5.10 Å². The third kappa shape index (κ3) is 2.62. The number of hydrogen-bond acceptors (Lipinski definition) is 7. The van der Waals surface area contributed by atoms with Crippen LogP contribution in [0.2, 0.25) is 0 Å². The molecule has 3 aliphatic rings. The fourth-order valence-corrected chi connectivity index (χ4v) is 5.71. The van der Waals surface area contributed by atoms with Crippen LogP contribution in [0.5, 0.6) is 0 Å². The standard InChI is InChI=1S/C18H22N6O3S/c1-23-12(3-5-22-23)15(25)20-6-10-11-8-24(9-18(11)4-2-13(10)27-18)16(26)14-7-21-17(19)28-14/h3,5,7,10-11,13H,2,4,6,8-9H2,1H3,(H2,19,21)(H,20,25)/t10-,11+,13+,18+/m0/s1. The SMILES string of the molecule is Cn1nccc1C(=O)NC[C@H]1[C@H]2CN(C(=O)c3cnc(N)s3)C[C@]23CC[C@H]1O3. The molecule has 10 heteroatoms. The third-order valence-electron chi connectivity index (χ3n) is 6.36. The molecule has 2 amide bonds. The number of anilines is 1. The van der Waals surface area contributed by atoms with Gasteiger partial charge in [0.1, 0.15) is 10.6 Å².